The lowest BCUT2D eigenvalue weighted by molar-refractivity contribution is -0.130. The van der Waals surface area contributed by atoms with Crippen molar-refractivity contribution in [1.82, 2.24) is 4.90 Å². The van der Waals surface area contributed by atoms with E-state index in [0.29, 0.717) is 17.5 Å². The molecule has 1 aromatic rings. The van der Waals surface area contributed by atoms with E-state index in [1.165, 1.54) is 6.07 Å². The third kappa shape index (κ3) is 3.07. The lowest BCUT2D eigenvalue weighted by Gasteiger charge is -2.35. The number of rotatable bonds is 4. The van der Waals surface area contributed by atoms with E-state index in [0.717, 1.165) is 19.4 Å². The molecule has 1 aromatic carbocycles. The van der Waals surface area contributed by atoms with Crippen LogP contribution < -0.4 is 5.73 Å². The minimum atomic E-state index is -0.315. The highest BCUT2D eigenvalue weighted by Crippen LogP contribution is 2.26. The Kier molecular flexibility index (Phi) is 3.97. The van der Waals surface area contributed by atoms with E-state index >= 15 is 0 Å². The number of carbonyl (C=O) groups is 1. The van der Waals surface area contributed by atoms with E-state index in [1.807, 2.05) is 0 Å². The topological polar surface area (TPSA) is 46.3 Å². The van der Waals surface area contributed by atoms with Gasteiger partial charge in [-0.1, -0.05) is 18.2 Å². The third-order valence-corrected chi connectivity index (χ3v) is 3.53. The predicted octanol–water partition coefficient (Wildman–Crippen LogP) is 1.56. The van der Waals surface area contributed by atoms with E-state index in [2.05, 4.69) is 0 Å². The molecule has 0 aliphatic heterocycles. The summed E-state index contributed by atoms with van der Waals surface area (Å²) in [6.45, 7) is 0.723. The van der Waals surface area contributed by atoms with Gasteiger partial charge in [-0.05, 0) is 30.4 Å². The molecule has 1 amide bonds. The predicted molar refractivity (Wildman–Crippen MR) is 68.4 cm³/mol. The van der Waals surface area contributed by atoms with Crippen LogP contribution >= 0.6 is 0 Å². The maximum Gasteiger partial charge on any atom is 0.226 e. The van der Waals surface area contributed by atoms with Crippen molar-refractivity contribution in [3.8, 4) is 0 Å². The second-order valence-electron chi connectivity index (χ2n) is 5.14. The molecule has 0 bridgehead atoms. The Labute approximate surface area is 107 Å². The lowest BCUT2D eigenvalue weighted by Crippen LogP contribution is -2.43. The first-order valence-electron chi connectivity index (χ1n) is 6.29. The molecule has 0 unspecified atom stereocenters. The monoisotopic (exact) mass is 250 g/mol. The molecule has 0 aromatic heterocycles. The molecule has 98 valence electrons. The van der Waals surface area contributed by atoms with Crippen molar-refractivity contribution < 1.29 is 9.18 Å². The molecule has 1 aliphatic rings. The quantitative estimate of drug-likeness (QED) is 0.881. The van der Waals surface area contributed by atoms with Gasteiger partial charge in [-0.25, -0.2) is 4.39 Å². The van der Waals surface area contributed by atoms with Crippen molar-refractivity contribution >= 4 is 5.91 Å². The van der Waals surface area contributed by atoms with Crippen LogP contribution in [0.3, 0.4) is 0 Å². The minimum absolute atomic E-state index is 0.0411. The summed E-state index contributed by atoms with van der Waals surface area (Å²) in [5.74, 6) is 0.153. The SMILES string of the molecule is CN(CC1CC(N)C1)C(=O)Cc1ccccc1F. The van der Waals surface area contributed by atoms with Crippen molar-refractivity contribution in [2.45, 2.75) is 25.3 Å². The van der Waals surface area contributed by atoms with Gasteiger partial charge < -0.3 is 10.6 Å². The normalized spacial score (nSPS) is 22.4. The lowest BCUT2D eigenvalue weighted by atomic mass is 9.80. The van der Waals surface area contributed by atoms with Crippen LogP contribution in [0.25, 0.3) is 0 Å². The van der Waals surface area contributed by atoms with Crippen LogP contribution in [-0.2, 0) is 11.2 Å². The first-order chi connectivity index (χ1) is 8.56. The van der Waals surface area contributed by atoms with Crippen LogP contribution in [0.4, 0.5) is 4.39 Å². The fourth-order valence-electron chi connectivity index (χ4n) is 2.37. The van der Waals surface area contributed by atoms with E-state index < -0.39 is 0 Å². The molecule has 2 N–H and O–H groups in total. The van der Waals surface area contributed by atoms with Crippen LogP contribution in [0.1, 0.15) is 18.4 Å². The molecule has 4 heteroatoms. The van der Waals surface area contributed by atoms with E-state index in [9.17, 15) is 9.18 Å². The minimum Gasteiger partial charge on any atom is -0.345 e. The highest BCUT2D eigenvalue weighted by atomic mass is 19.1. The third-order valence-electron chi connectivity index (χ3n) is 3.53. The highest BCUT2D eigenvalue weighted by molar-refractivity contribution is 5.78. The van der Waals surface area contributed by atoms with E-state index in [-0.39, 0.29) is 18.1 Å². The van der Waals surface area contributed by atoms with Crippen molar-refractivity contribution in [2.75, 3.05) is 13.6 Å². The van der Waals surface area contributed by atoms with Gasteiger partial charge in [0.2, 0.25) is 5.91 Å². The Morgan fingerprint density at radius 1 is 1.44 bits per heavy atom. The van der Waals surface area contributed by atoms with Gasteiger partial charge in [0.25, 0.3) is 0 Å². The maximum absolute atomic E-state index is 13.4. The summed E-state index contributed by atoms with van der Waals surface area (Å²) in [4.78, 5) is 13.6. The van der Waals surface area contributed by atoms with Crippen molar-refractivity contribution in [2.24, 2.45) is 11.7 Å². The molecule has 1 saturated carbocycles. The van der Waals surface area contributed by atoms with Crippen LogP contribution in [0.5, 0.6) is 0 Å². The number of benzene rings is 1. The number of hydrogen-bond donors (Lipinski definition) is 1. The number of likely N-dealkylation sites (N-methyl/N-ethyl adjacent to an activating group) is 1. The number of halogens is 1. The molecule has 2 rings (SSSR count). The van der Waals surface area contributed by atoms with Gasteiger partial charge in [-0.3, -0.25) is 4.79 Å². The van der Waals surface area contributed by atoms with Gasteiger partial charge in [0.05, 0.1) is 6.42 Å². The Hall–Kier alpha value is -1.42. The van der Waals surface area contributed by atoms with E-state index in [4.69, 9.17) is 5.73 Å². The van der Waals surface area contributed by atoms with E-state index in [1.54, 1.807) is 30.1 Å². The molecule has 1 fully saturated rings. The molecule has 0 spiro atoms. The van der Waals surface area contributed by atoms with Gasteiger partial charge in [-0.15, -0.1) is 0 Å². The molecule has 0 saturated heterocycles. The average molecular weight is 250 g/mol. The molecule has 18 heavy (non-hydrogen) atoms. The fourth-order valence-corrected chi connectivity index (χ4v) is 2.37. The standard InChI is InChI=1S/C14H19FN2O/c1-17(9-10-6-12(16)7-10)14(18)8-11-4-2-3-5-13(11)15/h2-5,10,12H,6-9,16H2,1H3. The first kappa shape index (κ1) is 13.0. The van der Waals surface area contributed by atoms with Crippen LogP contribution in [0.15, 0.2) is 24.3 Å². The van der Waals surface area contributed by atoms with Crippen LogP contribution in [0, 0.1) is 11.7 Å². The van der Waals surface area contributed by atoms with Crippen molar-refractivity contribution in [3.63, 3.8) is 0 Å². The number of nitrogens with zero attached hydrogens (tertiary/aromatic N) is 1. The number of hydrogen-bond acceptors (Lipinski definition) is 2. The molecule has 0 heterocycles. The molecule has 0 atom stereocenters. The number of nitrogens with two attached hydrogens (primary N) is 1. The maximum atomic E-state index is 13.4. The molecular weight excluding hydrogens is 231 g/mol. The van der Waals surface area contributed by atoms with Gasteiger partial charge in [0, 0.05) is 19.6 Å². The van der Waals surface area contributed by atoms with Gasteiger partial charge >= 0.3 is 0 Å². The summed E-state index contributed by atoms with van der Waals surface area (Å²) in [6.07, 6.45) is 2.09. The fraction of sp³-hybridized carbons (Fsp3) is 0.500. The Morgan fingerprint density at radius 3 is 2.72 bits per heavy atom. The number of amides is 1. The molecule has 3 nitrogen and oxygen atoms in total. The largest absolute Gasteiger partial charge is 0.345 e. The smallest absolute Gasteiger partial charge is 0.226 e. The zero-order valence-corrected chi connectivity index (χ0v) is 10.6. The Morgan fingerprint density at radius 2 is 2.11 bits per heavy atom. The second-order valence-corrected chi connectivity index (χ2v) is 5.14. The molecule has 1 aliphatic carbocycles. The Balaban J connectivity index is 1.86. The second kappa shape index (κ2) is 5.48. The zero-order valence-electron chi connectivity index (χ0n) is 10.6. The molecule has 0 radical (unpaired) electrons. The summed E-state index contributed by atoms with van der Waals surface area (Å²) in [5.41, 5.74) is 6.17. The summed E-state index contributed by atoms with van der Waals surface area (Å²) in [7, 11) is 1.77. The summed E-state index contributed by atoms with van der Waals surface area (Å²) in [6, 6.07) is 6.71. The summed E-state index contributed by atoms with van der Waals surface area (Å²) < 4.78 is 13.4. The summed E-state index contributed by atoms with van der Waals surface area (Å²) in [5, 5.41) is 0. The van der Waals surface area contributed by atoms with Gasteiger partial charge in [0.15, 0.2) is 0 Å². The first-order valence-corrected chi connectivity index (χ1v) is 6.29. The van der Waals surface area contributed by atoms with Crippen molar-refractivity contribution in [3.05, 3.63) is 35.6 Å². The van der Waals surface area contributed by atoms with Crippen LogP contribution in [0.2, 0.25) is 0 Å². The zero-order chi connectivity index (χ0) is 13.1. The van der Waals surface area contributed by atoms with Gasteiger partial charge in [-0.2, -0.15) is 0 Å². The van der Waals surface area contributed by atoms with Gasteiger partial charge in [0.1, 0.15) is 5.82 Å². The van der Waals surface area contributed by atoms with Crippen LogP contribution in [-0.4, -0.2) is 30.4 Å². The van der Waals surface area contributed by atoms with Crippen molar-refractivity contribution in [1.29, 1.82) is 0 Å². The summed E-state index contributed by atoms with van der Waals surface area (Å²) >= 11 is 0. The Bertz CT molecular complexity index is 430. The molecular formula is C14H19FN2O. The highest BCUT2D eigenvalue weighted by Gasteiger charge is 2.27. The number of carbonyl (C=O) groups excluding carboxylic acids is 1. The average Bonchev–Trinajstić information content (AvgIpc) is 2.30.